The summed E-state index contributed by atoms with van der Waals surface area (Å²) in [5, 5.41) is 3.71. The van der Waals surface area contributed by atoms with Crippen molar-refractivity contribution in [2.24, 2.45) is 5.73 Å². The van der Waals surface area contributed by atoms with Gasteiger partial charge in [-0.05, 0) is 66.6 Å². The van der Waals surface area contributed by atoms with Gasteiger partial charge in [0.05, 0.1) is 10.2 Å². The van der Waals surface area contributed by atoms with Crippen LogP contribution in [0.5, 0.6) is 11.5 Å². The number of benzene rings is 2. The molecule has 3 N–H and O–H groups in total. The van der Waals surface area contributed by atoms with Gasteiger partial charge in [-0.1, -0.05) is 17.4 Å². The van der Waals surface area contributed by atoms with Crippen molar-refractivity contribution in [3.8, 4) is 22.6 Å². The van der Waals surface area contributed by atoms with Crippen LogP contribution < -0.4 is 25.4 Å². The normalized spacial score (nSPS) is 12.5. The third kappa shape index (κ3) is 4.40. The van der Waals surface area contributed by atoms with Crippen molar-refractivity contribution in [2.45, 2.75) is 6.42 Å². The number of amides is 1. The molecule has 34 heavy (non-hydrogen) atoms. The number of carbonyl (C=O) groups excluding carboxylic acids is 1. The zero-order chi connectivity index (χ0) is 23.5. The average molecular weight is 476 g/mol. The number of pyridine rings is 1. The number of anilines is 2. The summed E-state index contributed by atoms with van der Waals surface area (Å²) in [5.41, 5.74) is 9.26. The van der Waals surface area contributed by atoms with Crippen LogP contribution in [0.4, 0.5) is 10.9 Å². The molecule has 0 saturated carbocycles. The first kappa shape index (κ1) is 22.1. The third-order valence-corrected chi connectivity index (χ3v) is 6.62. The van der Waals surface area contributed by atoms with E-state index in [4.69, 9.17) is 20.2 Å². The van der Waals surface area contributed by atoms with Gasteiger partial charge in [-0.2, -0.15) is 0 Å². The molecule has 3 heterocycles. The molecule has 1 aliphatic rings. The summed E-state index contributed by atoms with van der Waals surface area (Å²) in [6.07, 6.45) is 2.45. The van der Waals surface area contributed by atoms with E-state index in [0.717, 1.165) is 27.2 Å². The second kappa shape index (κ2) is 9.66. The van der Waals surface area contributed by atoms with Crippen molar-refractivity contribution in [2.75, 3.05) is 43.6 Å². The van der Waals surface area contributed by atoms with Crippen LogP contribution in [-0.4, -0.2) is 49.2 Å². The smallest absolute Gasteiger partial charge is 0.260 e. The van der Waals surface area contributed by atoms with Crippen LogP contribution in [-0.2, 0) is 0 Å². The van der Waals surface area contributed by atoms with Gasteiger partial charge >= 0.3 is 0 Å². The monoisotopic (exact) mass is 475 g/mol. The Morgan fingerprint density at radius 1 is 1.09 bits per heavy atom. The standard InChI is InChI=1S/C25H25N5O3S/c1-27-23-15-17(7-9-28-23)16-3-5-19-22(14-16)34-25(29-19)30(10-2-8-26)24(31)18-4-6-20-21(13-18)33-12-11-32-20/h3-7,9,13-15H,2,8,10-12,26H2,1H3,(H,27,28). The number of thiazole rings is 1. The minimum Gasteiger partial charge on any atom is -0.486 e. The van der Waals surface area contributed by atoms with Crippen molar-refractivity contribution in [1.29, 1.82) is 0 Å². The van der Waals surface area contributed by atoms with E-state index in [0.29, 0.717) is 54.9 Å². The number of ether oxygens (including phenoxy) is 2. The molecule has 0 bridgehead atoms. The fraction of sp³-hybridized carbons (Fsp3) is 0.240. The summed E-state index contributed by atoms with van der Waals surface area (Å²) in [6, 6.07) is 15.4. The molecule has 0 aliphatic carbocycles. The molecular formula is C25H25N5O3S. The molecule has 0 atom stereocenters. The second-order valence-corrected chi connectivity index (χ2v) is 8.83. The molecule has 1 aliphatic heterocycles. The number of hydrogen-bond acceptors (Lipinski definition) is 8. The molecule has 8 nitrogen and oxygen atoms in total. The van der Waals surface area contributed by atoms with Crippen LogP contribution >= 0.6 is 11.3 Å². The maximum absolute atomic E-state index is 13.5. The molecule has 0 saturated heterocycles. The summed E-state index contributed by atoms with van der Waals surface area (Å²) >= 11 is 1.49. The van der Waals surface area contributed by atoms with Gasteiger partial charge in [0.25, 0.3) is 5.91 Å². The van der Waals surface area contributed by atoms with Crippen LogP contribution in [0.3, 0.4) is 0 Å². The minimum absolute atomic E-state index is 0.141. The van der Waals surface area contributed by atoms with E-state index in [-0.39, 0.29) is 5.91 Å². The number of aromatic nitrogens is 2. The first-order chi connectivity index (χ1) is 16.7. The topological polar surface area (TPSA) is 103 Å². The summed E-state index contributed by atoms with van der Waals surface area (Å²) in [4.78, 5) is 24.3. The summed E-state index contributed by atoms with van der Waals surface area (Å²) in [7, 11) is 1.85. The van der Waals surface area contributed by atoms with Gasteiger partial charge in [-0.3, -0.25) is 9.69 Å². The molecule has 0 radical (unpaired) electrons. The lowest BCUT2D eigenvalue weighted by atomic mass is 10.1. The Balaban J connectivity index is 1.48. The highest BCUT2D eigenvalue weighted by molar-refractivity contribution is 7.22. The van der Waals surface area contributed by atoms with Crippen molar-refractivity contribution < 1.29 is 14.3 Å². The van der Waals surface area contributed by atoms with Gasteiger partial charge in [0.2, 0.25) is 0 Å². The quantitative estimate of drug-likeness (QED) is 0.414. The Morgan fingerprint density at radius 3 is 2.74 bits per heavy atom. The second-order valence-electron chi connectivity index (χ2n) is 7.82. The number of carbonyl (C=O) groups is 1. The Morgan fingerprint density at radius 2 is 1.91 bits per heavy atom. The van der Waals surface area contributed by atoms with Gasteiger partial charge in [0.1, 0.15) is 19.0 Å². The molecule has 2 aromatic carbocycles. The average Bonchev–Trinajstić information content (AvgIpc) is 3.31. The molecule has 1 amide bonds. The number of fused-ring (bicyclic) bond motifs is 2. The summed E-state index contributed by atoms with van der Waals surface area (Å²) in [6.45, 7) is 1.93. The molecular weight excluding hydrogens is 450 g/mol. The summed E-state index contributed by atoms with van der Waals surface area (Å²) < 4.78 is 12.3. The number of nitrogens with one attached hydrogen (secondary N) is 1. The Hall–Kier alpha value is -3.69. The highest BCUT2D eigenvalue weighted by Crippen LogP contribution is 2.35. The molecule has 0 unspecified atom stereocenters. The third-order valence-electron chi connectivity index (χ3n) is 5.58. The molecule has 2 aromatic heterocycles. The Labute approximate surface area is 201 Å². The maximum atomic E-state index is 13.5. The van der Waals surface area contributed by atoms with Crippen LogP contribution in [0.15, 0.2) is 54.7 Å². The van der Waals surface area contributed by atoms with Gasteiger partial charge in [0.15, 0.2) is 16.6 Å². The minimum atomic E-state index is -0.141. The van der Waals surface area contributed by atoms with E-state index < -0.39 is 0 Å². The highest BCUT2D eigenvalue weighted by Gasteiger charge is 2.23. The van der Waals surface area contributed by atoms with E-state index in [9.17, 15) is 4.79 Å². The lowest BCUT2D eigenvalue weighted by Crippen LogP contribution is -2.33. The lowest BCUT2D eigenvalue weighted by molar-refractivity contribution is 0.0985. The van der Waals surface area contributed by atoms with Crippen LogP contribution in [0, 0.1) is 0 Å². The van der Waals surface area contributed by atoms with Crippen LogP contribution in [0.2, 0.25) is 0 Å². The van der Waals surface area contributed by atoms with Gasteiger partial charge in [-0.15, -0.1) is 0 Å². The number of nitrogens with two attached hydrogens (primary N) is 1. The molecule has 4 aromatic rings. The van der Waals surface area contributed by atoms with Crippen molar-refractivity contribution >= 4 is 38.4 Å². The first-order valence-electron chi connectivity index (χ1n) is 11.1. The largest absolute Gasteiger partial charge is 0.486 e. The fourth-order valence-corrected chi connectivity index (χ4v) is 4.85. The van der Waals surface area contributed by atoms with Crippen molar-refractivity contribution in [3.63, 3.8) is 0 Å². The van der Waals surface area contributed by atoms with E-state index in [1.54, 1.807) is 29.3 Å². The molecule has 9 heteroatoms. The fourth-order valence-electron chi connectivity index (χ4n) is 3.82. The molecule has 174 valence electrons. The van der Waals surface area contributed by atoms with Crippen LogP contribution in [0.25, 0.3) is 21.3 Å². The van der Waals surface area contributed by atoms with Crippen LogP contribution in [0.1, 0.15) is 16.8 Å². The number of rotatable bonds is 7. The summed E-state index contributed by atoms with van der Waals surface area (Å²) in [5.74, 6) is 1.91. The zero-order valence-corrected chi connectivity index (χ0v) is 19.6. The Bertz CT molecular complexity index is 1340. The predicted octanol–water partition coefficient (Wildman–Crippen LogP) is 4.17. The lowest BCUT2D eigenvalue weighted by Gasteiger charge is -2.22. The zero-order valence-electron chi connectivity index (χ0n) is 18.8. The predicted molar refractivity (Wildman–Crippen MR) is 135 cm³/mol. The molecule has 5 rings (SSSR count). The van der Waals surface area contributed by atoms with E-state index in [1.165, 1.54) is 11.3 Å². The number of nitrogens with zero attached hydrogens (tertiary/aromatic N) is 3. The van der Waals surface area contributed by atoms with E-state index in [1.807, 2.05) is 31.3 Å². The van der Waals surface area contributed by atoms with E-state index >= 15 is 0 Å². The van der Waals surface area contributed by atoms with Crippen molar-refractivity contribution in [1.82, 2.24) is 9.97 Å². The number of hydrogen-bond donors (Lipinski definition) is 2. The Kier molecular flexibility index (Phi) is 6.29. The first-order valence-corrected chi connectivity index (χ1v) is 11.9. The van der Waals surface area contributed by atoms with Gasteiger partial charge in [-0.25, -0.2) is 9.97 Å². The van der Waals surface area contributed by atoms with Crippen molar-refractivity contribution in [3.05, 3.63) is 60.3 Å². The highest BCUT2D eigenvalue weighted by atomic mass is 32.1. The molecule has 0 fully saturated rings. The SMILES string of the molecule is CNc1cc(-c2ccc3nc(N(CCCN)C(=O)c4ccc5c(c4)OCCO5)sc3c2)ccn1. The maximum Gasteiger partial charge on any atom is 0.260 e. The van der Waals surface area contributed by atoms with E-state index in [2.05, 4.69) is 16.4 Å². The molecule has 0 spiro atoms. The van der Waals surface area contributed by atoms with Gasteiger partial charge < -0.3 is 20.5 Å². The van der Waals surface area contributed by atoms with Gasteiger partial charge in [0, 0.05) is 25.4 Å².